The van der Waals surface area contributed by atoms with Gasteiger partial charge < -0.3 is 10.0 Å². The maximum Gasteiger partial charge on any atom is 0.257 e. The molecular formula is C17H20FN3O2. The molecule has 6 heteroatoms. The number of benzene rings is 1. The van der Waals surface area contributed by atoms with Crippen LogP contribution in [-0.4, -0.2) is 45.4 Å². The predicted octanol–water partition coefficient (Wildman–Crippen LogP) is 2.16. The van der Waals surface area contributed by atoms with Crippen LogP contribution in [0.1, 0.15) is 28.9 Å². The Bertz CT molecular complexity index is 714. The van der Waals surface area contributed by atoms with Crippen molar-refractivity contribution in [2.24, 2.45) is 5.92 Å². The highest BCUT2D eigenvalue weighted by molar-refractivity contribution is 5.95. The lowest BCUT2D eigenvalue weighted by atomic mass is 9.98. The van der Waals surface area contributed by atoms with Gasteiger partial charge >= 0.3 is 0 Å². The van der Waals surface area contributed by atoms with Gasteiger partial charge in [-0.2, -0.15) is 5.10 Å². The third kappa shape index (κ3) is 2.99. The van der Waals surface area contributed by atoms with Crippen molar-refractivity contribution in [3.8, 4) is 5.69 Å². The molecule has 0 aliphatic carbocycles. The van der Waals surface area contributed by atoms with Gasteiger partial charge in [0.2, 0.25) is 0 Å². The van der Waals surface area contributed by atoms with Gasteiger partial charge in [0.25, 0.3) is 5.91 Å². The number of halogens is 1. The molecule has 1 aliphatic rings. The highest BCUT2D eigenvalue weighted by atomic mass is 19.1. The van der Waals surface area contributed by atoms with Crippen LogP contribution in [0.5, 0.6) is 0 Å². The van der Waals surface area contributed by atoms with Crippen LogP contribution in [0.25, 0.3) is 5.69 Å². The molecule has 122 valence electrons. The largest absolute Gasteiger partial charge is 0.396 e. The zero-order chi connectivity index (χ0) is 16.4. The number of rotatable bonds is 3. The molecule has 2 aromatic rings. The monoisotopic (exact) mass is 317 g/mol. The van der Waals surface area contributed by atoms with Gasteiger partial charge in [-0.15, -0.1) is 0 Å². The number of hydrogen-bond acceptors (Lipinski definition) is 3. The van der Waals surface area contributed by atoms with E-state index >= 15 is 0 Å². The Morgan fingerprint density at radius 1 is 1.43 bits per heavy atom. The summed E-state index contributed by atoms with van der Waals surface area (Å²) in [7, 11) is 0. The van der Waals surface area contributed by atoms with Gasteiger partial charge in [0.15, 0.2) is 0 Å². The summed E-state index contributed by atoms with van der Waals surface area (Å²) in [6.07, 6.45) is 3.32. The lowest BCUT2D eigenvalue weighted by Crippen LogP contribution is -2.41. The van der Waals surface area contributed by atoms with Crippen molar-refractivity contribution in [3.63, 3.8) is 0 Å². The Morgan fingerprint density at radius 3 is 2.96 bits per heavy atom. The standard InChI is InChI=1S/C17H20FN3O2/c1-12-14(17(23)20-8-4-5-13(10-20)11-22)9-19-21(12)16-7-3-2-6-15(16)18/h2-3,6-7,9,13,22H,4-5,8,10-11H2,1H3. The first kappa shape index (κ1) is 15.7. The number of carbonyl (C=O) groups excluding carboxylic acids is 1. The van der Waals surface area contributed by atoms with Gasteiger partial charge in [-0.3, -0.25) is 4.79 Å². The SMILES string of the molecule is Cc1c(C(=O)N2CCCC(CO)C2)cnn1-c1ccccc1F. The fourth-order valence-corrected chi connectivity index (χ4v) is 3.05. The number of aromatic nitrogens is 2. The van der Waals surface area contributed by atoms with Gasteiger partial charge in [0, 0.05) is 19.7 Å². The van der Waals surface area contributed by atoms with E-state index in [2.05, 4.69) is 5.10 Å². The molecule has 0 spiro atoms. The molecule has 1 saturated heterocycles. The summed E-state index contributed by atoms with van der Waals surface area (Å²) >= 11 is 0. The molecule has 5 nitrogen and oxygen atoms in total. The van der Waals surface area contributed by atoms with Crippen molar-refractivity contribution in [3.05, 3.63) is 47.5 Å². The minimum absolute atomic E-state index is 0.0945. The number of hydrogen-bond donors (Lipinski definition) is 1. The van der Waals surface area contributed by atoms with Gasteiger partial charge in [-0.1, -0.05) is 12.1 Å². The van der Waals surface area contributed by atoms with Crippen LogP contribution in [0.2, 0.25) is 0 Å². The molecule has 0 bridgehead atoms. The lowest BCUT2D eigenvalue weighted by molar-refractivity contribution is 0.0620. The van der Waals surface area contributed by atoms with Gasteiger partial charge in [0.05, 0.1) is 17.5 Å². The minimum Gasteiger partial charge on any atom is -0.396 e. The van der Waals surface area contributed by atoms with Gasteiger partial charge in [-0.05, 0) is 37.8 Å². The molecule has 3 rings (SSSR count). The fourth-order valence-electron chi connectivity index (χ4n) is 3.05. The number of para-hydroxylation sites is 1. The molecule has 23 heavy (non-hydrogen) atoms. The van der Waals surface area contributed by atoms with Gasteiger partial charge in [0.1, 0.15) is 11.5 Å². The van der Waals surface area contributed by atoms with Crippen LogP contribution in [-0.2, 0) is 0 Å². The van der Waals surface area contributed by atoms with Gasteiger partial charge in [-0.25, -0.2) is 9.07 Å². The molecular weight excluding hydrogens is 297 g/mol. The van der Waals surface area contributed by atoms with Crippen LogP contribution in [0.4, 0.5) is 4.39 Å². The summed E-state index contributed by atoms with van der Waals surface area (Å²) in [5.41, 5.74) is 1.42. The first-order valence-corrected chi connectivity index (χ1v) is 7.81. The number of nitrogens with zero attached hydrogens (tertiary/aromatic N) is 3. The third-order valence-corrected chi connectivity index (χ3v) is 4.39. The molecule has 0 radical (unpaired) electrons. The minimum atomic E-state index is -0.379. The quantitative estimate of drug-likeness (QED) is 0.944. The zero-order valence-electron chi connectivity index (χ0n) is 13.1. The second-order valence-electron chi connectivity index (χ2n) is 5.95. The maximum atomic E-state index is 13.9. The summed E-state index contributed by atoms with van der Waals surface area (Å²) in [5, 5.41) is 13.5. The number of aliphatic hydroxyl groups excluding tert-OH is 1. The summed E-state index contributed by atoms with van der Waals surface area (Å²) in [5.74, 6) is -0.353. The number of likely N-dealkylation sites (tertiary alicyclic amines) is 1. The first-order valence-electron chi connectivity index (χ1n) is 7.81. The average Bonchev–Trinajstić information content (AvgIpc) is 2.96. The van der Waals surface area contributed by atoms with Crippen LogP contribution in [0, 0.1) is 18.7 Å². The van der Waals surface area contributed by atoms with Crippen molar-refractivity contribution in [2.75, 3.05) is 19.7 Å². The smallest absolute Gasteiger partial charge is 0.257 e. The van der Waals surface area contributed by atoms with Crippen molar-refractivity contribution in [1.29, 1.82) is 0 Å². The highest BCUT2D eigenvalue weighted by Gasteiger charge is 2.26. The number of piperidine rings is 1. The second kappa shape index (κ2) is 6.50. The molecule has 1 N–H and O–H groups in total. The second-order valence-corrected chi connectivity index (χ2v) is 5.95. The van der Waals surface area contributed by atoms with E-state index in [1.807, 2.05) is 0 Å². The first-order chi connectivity index (χ1) is 11.1. The summed E-state index contributed by atoms with van der Waals surface area (Å²) in [4.78, 5) is 14.5. The van der Waals surface area contributed by atoms with E-state index in [1.54, 1.807) is 30.0 Å². The third-order valence-electron chi connectivity index (χ3n) is 4.39. The molecule has 1 fully saturated rings. The molecule has 1 atom stereocenters. The molecule has 2 heterocycles. The average molecular weight is 317 g/mol. The molecule has 0 saturated carbocycles. The number of aliphatic hydroxyl groups is 1. The molecule has 1 aromatic carbocycles. The molecule has 1 unspecified atom stereocenters. The Labute approximate surface area is 134 Å². The van der Waals surface area contributed by atoms with E-state index in [-0.39, 0.29) is 24.2 Å². The fraction of sp³-hybridized carbons (Fsp3) is 0.412. The zero-order valence-corrected chi connectivity index (χ0v) is 13.1. The normalized spacial score (nSPS) is 18.2. The topological polar surface area (TPSA) is 58.4 Å². The maximum absolute atomic E-state index is 13.9. The van der Waals surface area contributed by atoms with Crippen molar-refractivity contribution in [2.45, 2.75) is 19.8 Å². The van der Waals surface area contributed by atoms with E-state index in [0.29, 0.717) is 30.0 Å². The molecule has 1 amide bonds. The van der Waals surface area contributed by atoms with E-state index in [9.17, 15) is 14.3 Å². The summed E-state index contributed by atoms with van der Waals surface area (Å²) < 4.78 is 15.4. The van der Waals surface area contributed by atoms with Crippen molar-refractivity contribution < 1.29 is 14.3 Å². The van der Waals surface area contributed by atoms with E-state index in [0.717, 1.165) is 12.8 Å². The number of carbonyl (C=O) groups is 1. The van der Waals surface area contributed by atoms with Crippen LogP contribution in [0.15, 0.2) is 30.5 Å². The van der Waals surface area contributed by atoms with E-state index < -0.39 is 0 Å². The van der Waals surface area contributed by atoms with E-state index in [1.165, 1.54) is 16.9 Å². The Hall–Kier alpha value is -2.21. The Morgan fingerprint density at radius 2 is 2.22 bits per heavy atom. The van der Waals surface area contributed by atoms with Crippen LogP contribution in [0.3, 0.4) is 0 Å². The molecule has 1 aromatic heterocycles. The van der Waals surface area contributed by atoms with Crippen LogP contribution >= 0.6 is 0 Å². The number of amides is 1. The van der Waals surface area contributed by atoms with Crippen molar-refractivity contribution >= 4 is 5.91 Å². The Kier molecular flexibility index (Phi) is 4.43. The molecule has 1 aliphatic heterocycles. The summed E-state index contributed by atoms with van der Waals surface area (Å²) in [6.45, 7) is 3.09. The van der Waals surface area contributed by atoms with Crippen LogP contribution < -0.4 is 0 Å². The van der Waals surface area contributed by atoms with E-state index in [4.69, 9.17) is 0 Å². The van der Waals surface area contributed by atoms with Crippen molar-refractivity contribution in [1.82, 2.24) is 14.7 Å². The predicted molar refractivity (Wildman–Crippen MR) is 84.0 cm³/mol. The lowest BCUT2D eigenvalue weighted by Gasteiger charge is -2.31. The summed E-state index contributed by atoms with van der Waals surface area (Å²) in [6, 6.07) is 6.35. The Balaban J connectivity index is 1.87. The highest BCUT2D eigenvalue weighted by Crippen LogP contribution is 2.21.